The quantitative estimate of drug-likeness (QED) is 0.175. The van der Waals surface area contributed by atoms with Crippen LogP contribution in [0.25, 0.3) is 11.3 Å². The monoisotopic (exact) mass is 676 g/mol. The number of halogens is 1. The van der Waals surface area contributed by atoms with Gasteiger partial charge in [-0.2, -0.15) is 0 Å². The lowest BCUT2D eigenvalue weighted by atomic mass is 10.1. The number of anilines is 2. The van der Waals surface area contributed by atoms with Gasteiger partial charge in [-0.15, -0.1) is 0 Å². The number of aromatic nitrogens is 3. The van der Waals surface area contributed by atoms with Gasteiger partial charge in [0.05, 0.1) is 18.7 Å². The lowest BCUT2D eigenvalue weighted by Crippen LogP contribution is -2.44. The average molecular weight is 678 g/mol. The highest BCUT2D eigenvalue weighted by Crippen LogP contribution is 2.27. The van der Waals surface area contributed by atoms with Crippen molar-refractivity contribution in [2.75, 3.05) is 24.3 Å². The van der Waals surface area contributed by atoms with Crippen LogP contribution in [-0.4, -0.2) is 51.9 Å². The van der Waals surface area contributed by atoms with E-state index in [-0.39, 0.29) is 30.4 Å². The maximum absolute atomic E-state index is 13.8. The second kappa shape index (κ2) is 14.8. The maximum Gasteiger partial charge on any atom is 0.407 e. The molecular formula is C33H37BrN6O5. The van der Waals surface area contributed by atoms with E-state index in [0.717, 1.165) is 5.56 Å². The molecule has 0 aliphatic heterocycles. The molecule has 11 nitrogen and oxygen atoms in total. The summed E-state index contributed by atoms with van der Waals surface area (Å²) in [6.45, 7) is 5.83. The number of esters is 1. The van der Waals surface area contributed by atoms with E-state index in [1.807, 2.05) is 30.3 Å². The summed E-state index contributed by atoms with van der Waals surface area (Å²) in [5.74, 6) is -0.191. The van der Waals surface area contributed by atoms with Gasteiger partial charge in [-0.05, 0) is 72.4 Å². The molecule has 2 aromatic carbocycles. The molecule has 4 rings (SSSR count). The lowest BCUT2D eigenvalue weighted by Gasteiger charge is -2.25. The zero-order valence-electron chi connectivity index (χ0n) is 25.9. The topological polar surface area (TPSA) is 136 Å². The number of nitrogens with one attached hydrogen (secondary N) is 3. The van der Waals surface area contributed by atoms with Gasteiger partial charge >= 0.3 is 12.1 Å². The normalized spacial score (nSPS) is 11.8. The van der Waals surface area contributed by atoms with E-state index in [4.69, 9.17) is 14.5 Å². The van der Waals surface area contributed by atoms with Crippen LogP contribution in [0.2, 0.25) is 0 Å². The largest absolute Gasteiger partial charge is 0.465 e. The number of carbonyl (C=O) groups is 2. The Balaban J connectivity index is 1.65. The number of pyridine rings is 1. The van der Waals surface area contributed by atoms with Crippen LogP contribution in [-0.2, 0) is 29.5 Å². The molecule has 1 atom stereocenters. The fraction of sp³-hybridized carbons (Fsp3) is 0.303. The highest BCUT2D eigenvalue weighted by atomic mass is 79.9. The summed E-state index contributed by atoms with van der Waals surface area (Å²) >= 11 is 3.42. The summed E-state index contributed by atoms with van der Waals surface area (Å²) in [4.78, 5) is 48.0. The Labute approximate surface area is 270 Å². The lowest BCUT2D eigenvalue weighted by molar-refractivity contribution is 0.0505. The average Bonchev–Trinajstić information content (AvgIpc) is 3.00. The van der Waals surface area contributed by atoms with Crippen molar-refractivity contribution in [2.45, 2.75) is 45.4 Å². The van der Waals surface area contributed by atoms with Gasteiger partial charge in [0.2, 0.25) is 5.95 Å². The van der Waals surface area contributed by atoms with Crippen molar-refractivity contribution in [3.05, 3.63) is 105 Å². The summed E-state index contributed by atoms with van der Waals surface area (Å²) in [6.07, 6.45) is 3.22. The molecule has 12 heteroatoms. The third-order valence-electron chi connectivity index (χ3n) is 6.74. The molecule has 0 aliphatic carbocycles. The summed E-state index contributed by atoms with van der Waals surface area (Å²) in [5.41, 5.74) is 2.35. The first-order valence-corrected chi connectivity index (χ1v) is 15.1. The minimum Gasteiger partial charge on any atom is -0.465 e. The van der Waals surface area contributed by atoms with Crippen molar-refractivity contribution in [3.63, 3.8) is 0 Å². The van der Waals surface area contributed by atoms with Crippen LogP contribution >= 0.6 is 15.9 Å². The van der Waals surface area contributed by atoms with Gasteiger partial charge in [0, 0.05) is 42.6 Å². The van der Waals surface area contributed by atoms with Crippen molar-refractivity contribution in [3.8, 4) is 11.3 Å². The van der Waals surface area contributed by atoms with E-state index < -0.39 is 17.7 Å². The molecule has 0 bridgehead atoms. The van der Waals surface area contributed by atoms with E-state index in [1.54, 1.807) is 70.5 Å². The van der Waals surface area contributed by atoms with Crippen LogP contribution in [0.5, 0.6) is 0 Å². The second-order valence-corrected chi connectivity index (χ2v) is 12.1. The van der Waals surface area contributed by atoms with Crippen LogP contribution < -0.4 is 21.5 Å². The summed E-state index contributed by atoms with van der Waals surface area (Å²) in [7, 11) is 2.94. The molecule has 4 aromatic rings. The third kappa shape index (κ3) is 8.91. The smallest absolute Gasteiger partial charge is 0.407 e. The molecule has 0 unspecified atom stereocenters. The predicted molar refractivity (Wildman–Crippen MR) is 177 cm³/mol. The Kier molecular flexibility index (Phi) is 10.9. The number of benzene rings is 2. The van der Waals surface area contributed by atoms with Crippen LogP contribution in [0.3, 0.4) is 0 Å². The molecule has 45 heavy (non-hydrogen) atoms. The number of ether oxygens (including phenoxy) is 2. The molecule has 0 aliphatic rings. The maximum atomic E-state index is 13.8. The number of alkyl carbamates (subject to hydrolysis) is 1. The Morgan fingerprint density at radius 1 is 1.00 bits per heavy atom. The number of amides is 1. The molecule has 0 saturated heterocycles. The highest BCUT2D eigenvalue weighted by Gasteiger charge is 2.22. The molecule has 1 amide bonds. The minimum atomic E-state index is -0.657. The van der Waals surface area contributed by atoms with Crippen molar-refractivity contribution in [2.24, 2.45) is 7.05 Å². The fourth-order valence-electron chi connectivity index (χ4n) is 4.63. The molecule has 2 heterocycles. The highest BCUT2D eigenvalue weighted by molar-refractivity contribution is 9.10. The fourth-order valence-corrected chi connectivity index (χ4v) is 5.20. The number of carbonyl (C=O) groups excluding carboxylic acids is 2. The van der Waals surface area contributed by atoms with E-state index in [2.05, 4.69) is 36.9 Å². The zero-order valence-corrected chi connectivity index (χ0v) is 27.5. The van der Waals surface area contributed by atoms with Crippen molar-refractivity contribution in [1.29, 1.82) is 0 Å². The van der Waals surface area contributed by atoms with Crippen LogP contribution in [0.1, 0.15) is 42.3 Å². The van der Waals surface area contributed by atoms with Gasteiger partial charge in [0.1, 0.15) is 17.0 Å². The number of hydrogen-bond acceptors (Lipinski definition) is 9. The van der Waals surface area contributed by atoms with Gasteiger partial charge in [-0.1, -0.05) is 42.5 Å². The molecule has 0 saturated carbocycles. The van der Waals surface area contributed by atoms with Gasteiger partial charge < -0.3 is 25.4 Å². The zero-order chi connectivity index (χ0) is 32.6. The van der Waals surface area contributed by atoms with Crippen LogP contribution in [0.4, 0.5) is 16.4 Å². The minimum absolute atomic E-state index is 0.157. The van der Waals surface area contributed by atoms with Gasteiger partial charge in [0.15, 0.2) is 0 Å². The molecule has 0 fully saturated rings. The SMILES string of the molecule is COC(=O)c1c(Br)cccc1CNc1c(-c2ccncc2)nc(NC[C@H](Cc2ccccc2)NC(=O)OC(C)(C)C)n(C)c1=O. The van der Waals surface area contributed by atoms with Crippen molar-refractivity contribution in [1.82, 2.24) is 19.9 Å². The number of methoxy groups -OCH3 is 1. The van der Waals surface area contributed by atoms with Crippen LogP contribution in [0.15, 0.2) is 82.3 Å². The molecule has 0 radical (unpaired) electrons. The van der Waals surface area contributed by atoms with Gasteiger partial charge in [-0.3, -0.25) is 14.3 Å². The van der Waals surface area contributed by atoms with E-state index in [1.165, 1.54) is 11.7 Å². The number of nitrogens with zero attached hydrogens (tertiary/aromatic N) is 3. The summed E-state index contributed by atoms with van der Waals surface area (Å²) in [6, 6.07) is 18.3. The molecule has 2 aromatic heterocycles. The van der Waals surface area contributed by atoms with Crippen molar-refractivity contribution < 1.29 is 19.1 Å². The molecular weight excluding hydrogens is 640 g/mol. The standard InChI is InChI=1S/C33H37BrN6O5/c1-33(2,3)45-32(43)38-24(18-21-10-7-6-8-11-21)20-37-31-39-27(22-14-16-35-17-15-22)28(29(41)40(31)4)36-19-23-12-9-13-25(34)26(23)30(42)44-5/h6-17,24,36H,18-20H2,1-5H3,(H,37,39)(H,38,43)/t24-/m0/s1. The molecule has 236 valence electrons. The number of rotatable bonds is 11. The second-order valence-electron chi connectivity index (χ2n) is 11.3. The first-order chi connectivity index (χ1) is 21.5. The van der Waals surface area contributed by atoms with E-state index >= 15 is 0 Å². The van der Waals surface area contributed by atoms with Crippen molar-refractivity contribution >= 4 is 39.6 Å². The Hall–Kier alpha value is -4.71. The predicted octanol–water partition coefficient (Wildman–Crippen LogP) is 5.55. The van der Waals surface area contributed by atoms with E-state index in [9.17, 15) is 14.4 Å². The molecule has 3 N–H and O–H groups in total. The first-order valence-electron chi connectivity index (χ1n) is 14.3. The summed E-state index contributed by atoms with van der Waals surface area (Å²) in [5, 5.41) is 9.42. The number of hydrogen-bond donors (Lipinski definition) is 3. The van der Waals surface area contributed by atoms with E-state index in [0.29, 0.717) is 39.2 Å². The Morgan fingerprint density at radius 2 is 1.71 bits per heavy atom. The Bertz CT molecular complexity index is 1690. The van der Waals surface area contributed by atoms with Gasteiger partial charge in [0.25, 0.3) is 5.56 Å². The summed E-state index contributed by atoms with van der Waals surface area (Å²) < 4.78 is 12.5. The van der Waals surface area contributed by atoms with Gasteiger partial charge in [-0.25, -0.2) is 14.6 Å². The van der Waals surface area contributed by atoms with Crippen LogP contribution in [0, 0.1) is 0 Å². The Morgan fingerprint density at radius 3 is 2.38 bits per heavy atom. The molecule has 0 spiro atoms. The third-order valence-corrected chi connectivity index (χ3v) is 7.40. The first kappa shape index (κ1) is 33.2.